The molecular weight excluding hydrogens is 244 g/mol. The lowest BCUT2D eigenvalue weighted by atomic mass is 9.64. The lowest BCUT2D eigenvalue weighted by molar-refractivity contribution is -0.385. The fourth-order valence-electron chi connectivity index (χ4n) is 2.53. The first kappa shape index (κ1) is 13.8. The molecule has 1 fully saturated rings. The first-order chi connectivity index (χ1) is 8.73. The zero-order chi connectivity index (χ0) is 14.4. The van der Waals surface area contributed by atoms with E-state index in [2.05, 4.69) is 5.32 Å². The summed E-state index contributed by atoms with van der Waals surface area (Å²) in [5.41, 5.74) is 2.36. The molecule has 0 bridgehead atoms. The standard InChI is InChI=1S/C14H20N2O3/c1-8-5-9(2)11(16(18)19)6-10(8)15-12-7-13(17)14(12,3)4/h5-6,12-13,15,17H,7H2,1-4H3. The molecule has 2 unspecified atom stereocenters. The van der Waals surface area contributed by atoms with Gasteiger partial charge in [0.15, 0.2) is 0 Å². The smallest absolute Gasteiger partial charge is 0.274 e. The summed E-state index contributed by atoms with van der Waals surface area (Å²) < 4.78 is 0. The summed E-state index contributed by atoms with van der Waals surface area (Å²) in [5.74, 6) is 0. The number of benzene rings is 1. The van der Waals surface area contributed by atoms with Gasteiger partial charge in [-0.15, -0.1) is 0 Å². The Hall–Kier alpha value is -1.62. The van der Waals surface area contributed by atoms with Crippen LogP contribution < -0.4 is 5.32 Å². The highest BCUT2D eigenvalue weighted by Crippen LogP contribution is 2.43. The number of nitrogens with zero attached hydrogens (tertiary/aromatic N) is 1. The van der Waals surface area contributed by atoms with Crippen LogP contribution in [-0.4, -0.2) is 22.2 Å². The van der Waals surface area contributed by atoms with Gasteiger partial charge in [0.25, 0.3) is 5.69 Å². The van der Waals surface area contributed by atoms with E-state index in [-0.39, 0.29) is 28.2 Å². The molecule has 1 aliphatic carbocycles. The monoisotopic (exact) mass is 264 g/mol. The summed E-state index contributed by atoms with van der Waals surface area (Å²) in [6.45, 7) is 7.67. The van der Waals surface area contributed by atoms with Gasteiger partial charge in [-0.3, -0.25) is 10.1 Å². The second kappa shape index (κ2) is 4.49. The molecule has 0 aromatic heterocycles. The predicted molar refractivity (Wildman–Crippen MR) is 74.4 cm³/mol. The Balaban J connectivity index is 2.26. The molecule has 1 aromatic rings. The summed E-state index contributed by atoms with van der Waals surface area (Å²) in [4.78, 5) is 10.6. The minimum Gasteiger partial charge on any atom is -0.392 e. The zero-order valence-corrected chi connectivity index (χ0v) is 11.7. The second-order valence-electron chi connectivity index (χ2n) is 5.98. The Morgan fingerprint density at radius 2 is 2.00 bits per heavy atom. The number of anilines is 1. The Labute approximate surface area is 112 Å². The molecule has 2 rings (SSSR count). The van der Waals surface area contributed by atoms with Crippen molar-refractivity contribution in [3.05, 3.63) is 33.4 Å². The first-order valence-corrected chi connectivity index (χ1v) is 6.43. The molecule has 0 heterocycles. The van der Waals surface area contributed by atoms with Crippen molar-refractivity contribution in [3.63, 3.8) is 0 Å². The molecule has 0 saturated heterocycles. The molecular formula is C14H20N2O3. The third-order valence-corrected chi connectivity index (χ3v) is 4.29. The van der Waals surface area contributed by atoms with Crippen LogP contribution in [0, 0.1) is 29.4 Å². The number of hydrogen-bond donors (Lipinski definition) is 2. The van der Waals surface area contributed by atoms with Gasteiger partial charge in [-0.05, 0) is 31.9 Å². The van der Waals surface area contributed by atoms with Crippen LogP contribution in [0.25, 0.3) is 0 Å². The van der Waals surface area contributed by atoms with Gasteiger partial charge in [0, 0.05) is 28.8 Å². The number of rotatable bonds is 3. The van der Waals surface area contributed by atoms with Gasteiger partial charge in [0.05, 0.1) is 11.0 Å². The molecule has 1 saturated carbocycles. The molecule has 5 heteroatoms. The number of nitro benzene ring substituents is 1. The average Bonchev–Trinajstić information content (AvgIpc) is 2.31. The van der Waals surface area contributed by atoms with Crippen molar-refractivity contribution >= 4 is 11.4 Å². The number of aryl methyl sites for hydroxylation is 2. The van der Waals surface area contributed by atoms with Gasteiger partial charge < -0.3 is 10.4 Å². The van der Waals surface area contributed by atoms with Crippen molar-refractivity contribution in [2.24, 2.45) is 5.41 Å². The van der Waals surface area contributed by atoms with Gasteiger partial charge in [0.1, 0.15) is 0 Å². The number of aliphatic hydroxyl groups is 1. The number of aliphatic hydroxyl groups excluding tert-OH is 1. The van der Waals surface area contributed by atoms with Gasteiger partial charge in [-0.25, -0.2) is 0 Å². The van der Waals surface area contributed by atoms with Crippen LogP contribution in [0.15, 0.2) is 12.1 Å². The second-order valence-corrected chi connectivity index (χ2v) is 5.98. The van der Waals surface area contributed by atoms with Crippen LogP contribution in [0.5, 0.6) is 0 Å². The van der Waals surface area contributed by atoms with Crippen LogP contribution in [0.4, 0.5) is 11.4 Å². The van der Waals surface area contributed by atoms with Crippen molar-refractivity contribution in [1.82, 2.24) is 0 Å². The lowest BCUT2D eigenvalue weighted by Crippen LogP contribution is -2.56. The average molecular weight is 264 g/mol. The summed E-state index contributed by atoms with van der Waals surface area (Å²) in [7, 11) is 0. The highest BCUT2D eigenvalue weighted by atomic mass is 16.6. The molecule has 0 amide bonds. The van der Waals surface area contributed by atoms with E-state index in [1.807, 2.05) is 26.8 Å². The van der Waals surface area contributed by atoms with Crippen molar-refractivity contribution < 1.29 is 10.0 Å². The highest BCUT2D eigenvalue weighted by molar-refractivity contribution is 5.61. The maximum absolute atomic E-state index is 11.0. The molecule has 19 heavy (non-hydrogen) atoms. The largest absolute Gasteiger partial charge is 0.392 e. The Morgan fingerprint density at radius 1 is 1.37 bits per heavy atom. The maximum atomic E-state index is 11.0. The van der Waals surface area contributed by atoms with E-state index in [1.54, 1.807) is 13.0 Å². The number of nitro groups is 1. The fraction of sp³-hybridized carbons (Fsp3) is 0.571. The van der Waals surface area contributed by atoms with E-state index < -0.39 is 0 Å². The molecule has 5 nitrogen and oxygen atoms in total. The first-order valence-electron chi connectivity index (χ1n) is 6.43. The molecule has 1 aliphatic rings. The molecule has 0 spiro atoms. The van der Waals surface area contributed by atoms with Crippen molar-refractivity contribution in [1.29, 1.82) is 0 Å². The van der Waals surface area contributed by atoms with E-state index in [4.69, 9.17) is 0 Å². The third kappa shape index (κ3) is 2.30. The molecule has 2 N–H and O–H groups in total. The van der Waals surface area contributed by atoms with Crippen LogP contribution in [0.3, 0.4) is 0 Å². The normalized spacial score (nSPS) is 24.7. The molecule has 1 aromatic carbocycles. The van der Waals surface area contributed by atoms with Crippen molar-refractivity contribution in [2.45, 2.75) is 46.3 Å². The minimum atomic E-state index is -0.360. The van der Waals surface area contributed by atoms with Crippen LogP contribution in [0.2, 0.25) is 0 Å². The molecule has 0 radical (unpaired) electrons. The van der Waals surface area contributed by atoms with E-state index in [0.717, 1.165) is 11.3 Å². The van der Waals surface area contributed by atoms with Gasteiger partial charge in [-0.2, -0.15) is 0 Å². The topological polar surface area (TPSA) is 75.4 Å². The van der Waals surface area contributed by atoms with Crippen molar-refractivity contribution in [3.8, 4) is 0 Å². The Kier molecular flexibility index (Phi) is 3.26. The maximum Gasteiger partial charge on any atom is 0.274 e. The quantitative estimate of drug-likeness (QED) is 0.650. The van der Waals surface area contributed by atoms with Gasteiger partial charge in [0.2, 0.25) is 0 Å². The predicted octanol–water partition coefficient (Wildman–Crippen LogP) is 2.78. The number of nitrogens with one attached hydrogen (secondary N) is 1. The Morgan fingerprint density at radius 3 is 2.47 bits per heavy atom. The Bertz CT molecular complexity index is 526. The SMILES string of the molecule is Cc1cc(C)c([N+](=O)[O-])cc1NC1CC(O)C1(C)C. The van der Waals surface area contributed by atoms with E-state index in [0.29, 0.717) is 12.0 Å². The summed E-state index contributed by atoms with van der Waals surface area (Å²) >= 11 is 0. The van der Waals surface area contributed by atoms with Crippen LogP contribution >= 0.6 is 0 Å². The summed E-state index contributed by atoms with van der Waals surface area (Å²) in [5, 5.41) is 24.0. The number of hydrogen-bond acceptors (Lipinski definition) is 4. The highest BCUT2D eigenvalue weighted by Gasteiger charge is 2.47. The minimum absolute atomic E-state index is 0.130. The van der Waals surface area contributed by atoms with Gasteiger partial charge in [-0.1, -0.05) is 13.8 Å². The fourth-order valence-corrected chi connectivity index (χ4v) is 2.53. The molecule has 104 valence electrons. The van der Waals surface area contributed by atoms with E-state index >= 15 is 0 Å². The van der Waals surface area contributed by atoms with Crippen molar-refractivity contribution in [2.75, 3.05) is 5.32 Å². The summed E-state index contributed by atoms with van der Waals surface area (Å²) in [6, 6.07) is 3.55. The summed E-state index contributed by atoms with van der Waals surface area (Å²) in [6.07, 6.45) is 0.361. The van der Waals surface area contributed by atoms with Crippen LogP contribution in [-0.2, 0) is 0 Å². The molecule has 2 atom stereocenters. The van der Waals surface area contributed by atoms with E-state index in [1.165, 1.54) is 0 Å². The molecule has 0 aliphatic heterocycles. The lowest BCUT2D eigenvalue weighted by Gasteiger charge is -2.50. The zero-order valence-electron chi connectivity index (χ0n) is 11.7. The third-order valence-electron chi connectivity index (χ3n) is 4.29. The van der Waals surface area contributed by atoms with E-state index in [9.17, 15) is 15.2 Å². The van der Waals surface area contributed by atoms with Gasteiger partial charge >= 0.3 is 0 Å². The van der Waals surface area contributed by atoms with Crippen LogP contribution in [0.1, 0.15) is 31.4 Å².